The second kappa shape index (κ2) is 4.11. The quantitative estimate of drug-likeness (QED) is 0.619. The van der Waals surface area contributed by atoms with E-state index in [2.05, 4.69) is 63.5 Å². The normalized spacial score (nSPS) is 23.4. The maximum absolute atomic E-state index is 5.75. The Labute approximate surface area is 105 Å². The van der Waals surface area contributed by atoms with Gasteiger partial charge in [-0.2, -0.15) is 0 Å². The average Bonchev–Trinajstić information content (AvgIpc) is 2.68. The predicted molar refractivity (Wildman–Crippen MR) is 72.3 cm³/mol. The summed E-state index contributed by atoms with van der Waals surface area (Å²) in [5, 5.41) is 0. The topological polar surface area (TPSA) is 38.0 Å². The van der Waals surface area contributed by atoms with E-state index in [-0.39, 0.29) is 0 Å². The van der Waals surface area contributed by atoms with Gasteiger partial charge in [-0.25, -0.2) is 0 Å². The molecular weight excluding hydrogens is 208 g/mol. The second-order valence-electron chi connectivity index (χ2n) is 6.38. The monoisotopic (exact) mass is 232 g/mol. The van der Waals surface area contributed by atoms with Gasteiger partial charge in [-0.3, -0.25) is 11.3 Å². The molecule has 1 saturated carbocycles. The average molecular weight is 232 g/mol. The van der Waals surface area contributed by atoms with Gasteiger partial charge in [0.2, 0.25) is 0 Å². The van der Waals surface area contributed by atoms with Crippen molar-refractivity contribution >= 4 is 0 Å². The van der Waals surface area contributed by atoms with E-state index in [1.54, 1.807) is 0 Å². The molecule has 0 aliphatic heterocycles. The lowest BCUT2D eigenvalue weighted by molar-refractivity contribution is 0.402. The van der Waals surface area contributed by atoms with Crippen molar-refractivity contribution in [2.75, 3.05) is 0 Å². The zero-order chi connectivity index (χ0) is 12.7. The van der Waals surface area contributed by atoms with E-state index in [1.807, 2.05) is 0 Å². The molecule has 94 valence electrons. The van der Waals surface area contributed by atoms with Crippen LogP contribution in [-0.4, -0.2) is 6.04 Å². The van der Waals surface area contributed by atoms with E-state index in [4.69, 9.17) is 5.84 Å². The fraction of sp³-hybridized carbons (Fsp3) is 0.600. The number of hydrazine groups is 1. The summed E-state index contributed by atoms with van der Waals surface area (Å²) in [6.45, 7) is 9.36. The molecule has 1 aromatic rings. The van der Waals surface area contributed by atoms with E-state index in [9.17, 15) is 0 Å². The molecule has 0 radical (unpaired) electrons. The summed E-state index contributed by atoms with van der Waals surface area (Å²) < 4.78 is 0. The molecule has 0 heterocycles. The summed E-state index contributed by atoms with van der Waals surface area (Å²) in [4.78, 5) is 0. The third-order valence-corrected chi connectivity index (χ3v) is 5.05. The van der Waals surface area contributed by atoms with Gasteiger partial charge in [-0.05, 0) is 28.7 Å². The smallest absolute Gasteiger partial charge is 0.0289 e. The number of hydrogen-bond acceptors (Lipinski definition) is 2. The highest BCUT2D eigenvalue weighted by Crippen LogP contribution is 2.69. The molecule has 1 fully saturated rings. The van der Waals surface area contributed by atoms with Crippen LogP contribution in [0.25, 0.3) is 0 Å². The van der Waals surface area contributed by atoms with Crippen molar-refractivity contribution in [3.05, 3.63) is 35.9 Å². The van der Waals surface area contributed by atoms with Gasteiger partial charge in [0.05, 0.1) is 0 Å². The van der Waals surface area contributed by atoms with E-state index in [1.165, 1.54) is 5.56 Å². The maximum atomic E-state index is 5.75. The molecule has 0 aromatic heterocycles. The van der Waals surface area contributed by atoms with Crippen molar-refractivity contribution < 1.29 is 0 Å². The first-order valence-electron chi connectivity index (χ1n) is 6.41. The van der Waals surface area contributed by atoms with Gasteiger partial charge in [-0.15, -0.1) is 0 Å². The van der Waals surface area contributed by atoms with Crippen molar-refractivity contribution in [2.45, 2.75) is 40.2 Å². The number of benzene rings is 1. The van der Waals surface area contributed by atoms with Crippen LogP contribution in [-0.2, 0) is 6.42 Å². The van der Waals surface area contributed by atoms with Crippen molar-refractivity contribution in [3.8, 4) is 0 Å². The van der Waals surface area contributed by atoms with Crippen LogP contribution in [0.1, 0.15) is 33.3 Å². The lowest BCUT2D eigenvalue weighted by Crippen LogP contribution is -2.40. The van der Waals surface area contributed by atoms with Crippen LogP contribution in [0.15, 0.2) is 30.3 Å². The standard InChI is InChI=1S/C15H24N2/c1-14(2)13(15(14,3)4)12(17-16)10-11-8-6-5-7-9-11/h5-9,12-13,17H,10,16H2,1-4H3. The van der Waals surface area contributed by atoms with Crippen LogP contribution in [0.4, 0.5) is 0 Å². The maximum Gasteiger partial charge on any atom is 0.0289 e. The van der Waals surface area contributed by atoms with Crippen molar-refractivity contribution in [2.24, 2.45) is 22.6 Å². The van der Waals surface area contributed by atoms with Gasteiger partial charge >= 0.3 is 0 Å². The Kier molecular flexibility index (Phi) is 3.04. The van der Waals surface area contributed by atoms with Crippen LogP contribution in [0.5, 0.6) is 0 Å². The Morgan fingerprint density at radius 3 is 2.06 bits per heavy atom. The Morgan fingerprint density at radius 1 is 1.12 bits per heavy atom. The first-order chi connectivity index (χ1) is 7.91. The molecule has 17 heavy (non-hydrogen) atoms. The van der Waals surface area contributed by atoms with Crippen LogP contribution in [0.2, 0.25) is 0 Å². The number of hydrogen-bond donors (Lipinski definition) is 2. The van der Waals surface area contributed by atoms with Crippen molar-refractivity contribution in [1.29, 1.82) is 0 Å². The van der Waals surface area contributed by atoms with Crippen molar-refractivity contribution in [3.63, 3.8) is 0 Å². The Balaban J connectivity index is 2.10. The van der Waals surface area contributed by atoms with Crippen LogP contribution in [0.3, 0.4) is 0 Å². The Bertz CT molecular complexity index is 367. The van der Waals surface area contributed by atoms with E-state index >= 15 is 0 Å². The van der Waals surface area contributed by atoms with Gasteiger partial charge < -0.3 is 0 Å². The van der Waals surface area contributed by atoms with E-state index < -0.39 is 0 Å². The highest BCUT2D eigenvalue weighted by Gasteiger charge is 2.66. The molecule has 2 rings (SSSR count). The molecule has 0 bridgehead atoms. The van der Waals surface area contributed by atoms with E-state index in [0.717, 1.165) is 6.42 Å². The van der Waals surface area contributed by atoms with Gasteiger partial charge in [0.25, 0.3) is 0 Å². The zero-order valence-electron chi connectivity index (χ0n) is 11.3. The predicted octanol–water partition coefficient (Wildman–Crippen LogP) is 2.74. The molecule has 1 aromatic carbocycles. The molecule has 1 unspecified atom stereocenters. The van der Waals surface area contributed by atoms with Gasteiger partial charge in [0.15, 0.2) is 0 Å². The van der Waals surface area contributed by atoms with Crippen molar-refractivity contribution in [1.82, 2.24) is 5.43 Å². The summed E-state index contributed by atoms with van der Waals surface area (Å²) in [7, 11) is 0. The molecular formula is C15H24N2. The number of nitrogens with one attached hydrogen (secondary N) is 1. The lowest BCUT2D eigenvalue weighted by atomic mass is 9.97. The van der Waals surface area contributed by atoms with Crippen LogP contribution >= 0.6 is 0 Å². The molecule has 0 spiro atoms. The third kappa shape index (κ3) is 2.00. The molecule has 3 N–H and O–H groups in total. The Hall–Kier alpha value is -0.860. The summed E-state index contributed by atoms with van der Waals surface area (Å²) in [5.41, 5.74) is 5.13. The highest BCUT2D eigenvalue weighted by atomic mass is 15.2. The molecule has 1 aliphatic rings. The molecule has 0 amide bonds. The summed E-state index contributed by atoms with van der Waals surface area (Å²) >= 11 is 0. The summed E-state index contributed by atoms with van der Waals surface area (Å²) in [6.07, 6.45) is 1.01. The number of nitrogens with two attached hydrogens (primary N) is 1. The minimum Gasteiger partial charge on any atom is -0.271 e. The second-order valence-corrected chi connectivity index (χ2v) is 6.38. The van der Waals surface area contributed by atoms with Gasteiger partial charge in [-0.1, -0.05) is 58.0 Å². The van der Waals surface area contributed by atoms with Gasteiger partial charge in [0.1, 0.15) is 0 Å². The zero-order valence-corrected chi connectivity index (χ0v) is 11.3. The SMILES string of the molecule is CC1(C)C(C(Cc2ccccc2)NN)C1(C)C. The number of rotatable bonds is 4. The third-order valence-electron chi connectivity index (χ3n) is 5.05. The molecule has 1 atom stereocenters. The molecule has 0 saturated heterocycles. The Morgan fingerprint density at radius 2 is 1.65 bits per heavy atom. The fourth-order valence-corrected chi connectivity index (χ4v) is 3.39. The molecule has 2 heteroatoms. The first kappa shape index (κ1) is 12.6. The largest absolute Gasteiger partial charge is 0.271 e. The summed E-state index contributed by atoms with van der Waals surface area (Å²) in [5.74, 6) is 6.39. The first-order valence-corrected chi connectivity index (χ1v) is 6.41. The lowest BCUT2D eigenvalue weighted by Gasteiger charge is -2.18. The minimum atomic E-state index is 0.363. The van der Waals surface area contributed by atoms with Crippen LogP contribution in [0, 0.1) is 16.7 Å². The highest BCUT2D eigenvalue weighted by molar-refractivity contribution is 5.21. The minimum absolute atomic E-state index is 0.363. The van der Waals surface area contributed by atoms with E-state index in [0.29, 0.717) is 22.8 Å². The van der Waals surface area contributed by atoms with Gasteiger partial charge in [0, 0.05) is 6.04 Å². The molecule has 1 aliphatic carbocycles. The van der Waals surface area contributed by atoms with Crippen LogP contribution < -0.4 is 11.3 Å². The molecule has 2 nitrogen and oxygen atoms in total. The summed E-state index contributed by atoms with van der Waals surface area (Å²) in [6, 6.07) is 10.9. The fourth-order valence-electron chi connectivity index (χ4n) is 3.39.